The van der Waals surface area contributed by atoms with E-state index in [1.165, 1.54) is 6.92 Å². The molecule has 0 spiro atoms. The largest absolute Gasteiger partial charge is 0.484 e. The third kappa shape index (κ3) is 4.47. The molecular formula is C17H15Cl2NO3. The fourth-order valence-corrected chi connectivity index (χ4v) is 2.35. The number of anilines is 1. The van der Waals surface area contributed by atoms with Gasteiger partial charge in [0.15, 0.2) is 12.4 Å². The Hall–Kier alpha value is -2.04. The molecular weight excluding hydrogens is 337 g/mol. The first-order chi connectivity index (χ1) is 10.9. The van der Waals surface area contributed by atoms with Crippen molar-refractivity contribution in [3.8, 4) is 5.75 Å². The molecule has 1 N–H and O–H groups in total. The second-order valence-electron chi connectivity index (χ2n) is 4.97. The van der Waals surface area contributed by atoms with Crippen LogP contribution in [0.5, 0.6) is 5.75 Å². The van der Waals surface area contributed by atoms with Gasteiger partial charge in [-0.3, -0.25) is 9.59 Å². The van der Waals surface area contributed by atoms with E-state index in [1.54, 1.807) is 36.4 Å². The van der Waals surface area contributed by atoms with Gasteiger partial charge < -0.3 is 10.1 Å². The molecule has 0 unspecified atom stereocenters. The van der Waals surface area contributed by atoms with Crippen molar-refractivity contribution in [2.24, 2.45) is 0 Å². The first-order valence-electron chi connectivity index (χ1n) is 6.86. The summed E-state index contributed by atoms with van der Waals surface area (Å²) >= 11 is 12.2. The number of ketones is 1. The molecule has 2 aromatic rings. The average Bonchev–Trinajstić information content (AvgIpc) is 2.53. The molecule has 0 saturated carbocycles. The summed E-state index contributed by atoms with van der Waals surface area (Å²) in [6, 6.07) is 9.99. The van der Waals surface area contributed by atoms with E-state index in [9.17, 15) is 9.59 Å². The smallest absolute Gasteiger partial charge is 0.262 e. The number of hydrogen-bond acceptors (Lipinski definition) is 3. The van der Waals surface area contributed by atoms with Crippen LogP contribution in [0.25, 0.3) is 0 Å². The number of nitrogens with one attached hydrogen (secondary N) is 1. The van der Waals surface area contributed by atoms with Crippen molar-refractivity contribution in [1.82, 2.24) is 0 Å². The van der Waals surface area contributed by atoms with E-state index in [0.717, 1.165) is 5.56 Å². The quantitative estimate of drug-likeness (QED) is 0.805. The van der Waals surface area contributed by atoms with Gasteiger partial charge in [0.05, 0.1) is 15.7 Å². The molecule has 0 aliphatic heterocycles. The SMILES string of the molecule is CC(=O)c1ccc(OCC(=O)Nc2c(Cl)ccc(C)c2Cl)cc1. The highest BCUT2D eigenvalue weighted by molar-refractivity contribution is 6.40. The minimum Gasteiger partial charge on any atom is -0.484 e. The summed E-state index contributed by atoms with van der Waals surface area (Å²) in [5.74, 6) is 0.0830. The number of rotatable bonds is 5. The fraction of sp³-hybridized carbons (Fsp3) is 0.176. The summed E-state index contributed by atoms with van der Waals surface area (Å²) < 4.78 is 5.38. The second-order valence-corrected chi connectivity index (χ2v) is 5.76. The zero-order chi connectivity index (χ0) is 17.0. The molecule has 1 amide bonds. The predicted molar refractivity (Wildman–Crippen MR) is 91.8 cm³/mol. The third-order valence-electron chi connectivity index (χ3n) is 3.18. The molecule has 0 saturated heterocycles. The van der Waals surface area contributed by atoms with Crippen LogP contribution in [0.3, 0.4) is 0 Å². The number of benzene rings is 2. The standard InChI is InChI=1S/C17H15Cl2NO3/c1-10-3-8-14(18)17(16(10)19)20-15(22)9-23-13-6-4-12(5-7-13)11(2)21/h3-8H,9H2,1-2H3,(H,20,22). The number of amides is 1. The predicted octanol–water partition coefficient (Wildman–Crippen LogP) is 4.52. The van der Waals surface area contributed by atoms with Crippen LogP contribution in [-0.2, 0) is 4.79 Å². The van der Waals surface area contributed by atoms with Gasteiger partial charge in [0, 0.05) is 5.56 Å². The molecule has 2 aromatic carbocycles. The number of aryl methyl sites for hydroxylation is 1. The Labute approximate surface area is 144 Å². The minimum absolute atomic E-state index is 0.0296. The fourth-order valence-electron chi connectivity index (χ4n) is 1.88. The maximum atomic E-state index is 12.0. The molecule has 0 radical (unpaired) electrons. The van der Waals surface area contributed by atoms with Crippen molar-refractivity contribution < 1.29 is 14.3 Å². The van der Waals surface area contributed by atoms with Crippen LogP contribution in [0.2, 0.25) is 10.0 Å². The second kappa shape index (κ2) is 7.49. The number of halogens is 2. The van der Waals surface area contributed by atoms with Gasteiger partial charge in [-0.1, -0.05) is 29.3 Å². The minimum atomic E-state index is -0.380. The van der Waals surface area contributed by atoms with E-state index in [1.807, 2.05) is 6.92 Å². The van der Waals surface area contributed by atoms with E-state index in [2.05, 4.69) is 5.32 Å². The molecule has 0 aliphatic rings. The Bertz CT molecular complexity index is 742. The zero-order valence-corrected chi connectivity index (χ0v) is 14.2. The Balaban J connectivity index is 1.98. The van der Waals surface area contributed by atoms with Gasteiger partial charge in [0.1, 0.15) is 5.75 Å². The first-order valence-corrected chi connectivity index (χ1v) is 7.62. The van der Waals surface area contributed by atoms with Crippen LogP contribution in [-0.4, -0.2) is 18.3 Å². The van der Waals surface area contributed by atoms with Gasteiger partial charge in [0.25, 0.3) is 5.91 Å². The van der Waals surface area contributed by atoms with Crippen molar-refractivity contribution in [1.29, 1.82) is 0 Å². The highest BCUT2D eigenvalue weighted by atomic mass is 35.5. The highest BCUT2D eigenvalue weighted by Gasteiger charge is 2.12. The summed E-state index contributed by atoms with van der Waals surface area (Å²) in [7, 11) is 0. The molecule has 4 nitrogen and oxygen atoms in total. The van der Waals surface area contributed by atoms with E-state index < -0.39 is 0 Å². The lowest BCUT2D eigenvalue weighted by Gasteiger charge is -2.12. The monoisotopic (exact) mass is 351 g/mol. The maximum absolute atomic E-state index is 12.0. The zero-order valence-electron chi connectivity index (χ0n) is 12.7. The summed E-state index contributed by atoms with van der Waals surface area (Å²) in [6.45, 7) is 3.11. The van der Waals surface area contributed by atoms with Gasteiger partial charge >= 0.3 is 0 Å². The first kappa shape index (κ1) is 17.3. The Morgan fingerprint density at radius 2 is 1.74 bits per heavy atom. The highest BCUT2D eigenvalue weighted by Crippen LogP contribution is 2.32. The third-order valence-corrected chi connectivity index (χ3v) is 3.98. The van der Waals surface area contributed by atoms with Gasteiger partial charge in [-0.15, -0.1) is 0 Å². The molecule has 0 bridgehead atoms. The normalized spacial score (nSPS) is 10.3. The van der Waals surface area contributed by atoms with Gasteiger partial charge in [-0.2, -0.15) is 0 Å². The van der Waals surface area contributed by atoms with Gasteiger partial charge in [-0.05, 0) is 49.7 Å². The van der Waals surface area contributed by atoms with Crippen molar-refractivity contribution in [2.75, 3.05) is 11.9 Å². The molecule has 0 aliphatic carbocycles. The molecule has 0 aromatic heterocycles. The van der Waals surface area contributed by atoms with Crippen LogP contribution < -0.4 is 10.1 Å². The van der Waals surface area contributed by atoms with Crippen LogP contribution in [0.15, 0.2) is 36.4 Å². The number of Topliss-reactive ketones (excluding diaryl/α,β-unsaturated/α-hetero) is 1. The summed E-state index contributed by atoms with van der Waals surface area (Å²) in [5, 5.41) is 3.40. The van der Waals surface area contributed by atoms with Crippen molar-refractivity contribution in [3.63, 3.8) is 0 Å². The van der Waals surface area contributed by atoms with Crippen molar-refractivity contribution >= 4 is 40.6 Å². The number of carbonyl (C=O) groups excluding carboxylic acids is 2. The summed E-state index contributed by atoms with van der Waals surface area (Å²) in [6.07, 6.45) is 0. The lowest BCUT2D eigenvalue weighted by molar-refractivity contribution is -0.118. The molecule has 23 heavy (non-hydrogen) atoms. The Morgan fingerprint density at radius 3 is 2.35 bits per heavy atom. The maximum Gasteiger partial charge on any atom is 0.262 e. The molecule has 6 heteroatoms. The van der Waals surface area contributed by atoms with Gasteiger partial charge in [0.2, 0.25) is 0 Å². The van der Waals surface area contributed by atoms with Crippen molar-refractivity contribution in [2.45, 2.75) is 13.8 Å². The van der Waals surface area contributed by atoms with E-state index in [-0.39, 0.29) is 18.3 Å². The number of hydrogen-bond donors (Lipinski definition) is 1. The molecule has 120 valence electrons. The number of carbonyl (C=O) groups is 2. The molecule has 0 fully saturated rings. The van der Waals surface area contributed by atoms with Crippen LogP contribution in [0.4, 0.5) is 5.69 Å². The molecule has 0 heterocycles. The summed E-state index contributed by atoms with van der Waals surface area (Å²) in [5.41, 5.74) is 1.76. The van der Waals surface area contributed by atoms with Crippen LogP contribution >= 0.6 is 23.2 Å². The number of ether oxygens (including phenoxy) is 1. The van der Waals surface area contributed by atoms with Crippen LogP contribution in [0, 0.1) is 6.92 Å². The lowest BCUT2D eigenvalue weighted by Crippen LogP contribution is -2.20. The average molecular weight is 352 g/mol. The Kier molecular flexibility index (Phi) is 5.64. The molecule has 2 rings (SSSR count). The Morgan fingerprint density at radius 1 is 1.09 bits per heavy atom. The lowest BCUT2D eigenvalue weighted by atomic mass is 10.1. The van der Waals surface area contributed by atoms with Crippen molar-refractivity contribution in [3.05, 3.63) is 57.6 Å². The van der Waals surface area contributed by atoms with E-state index in [0.29, 0.717) is 27.0 Å². The van der Waals surface area contributed by atoms with Gasteiger partial charge in [-0.25, -0.2) is 0 Å². The molecule has 0 atom stereocenters. The van der Waals surface area contributed by atoms with E-state index in [4.69, 9.17) is 27.9 Å². The topological polar surface area (TPSA) is 55.4 Å². The summed E-state index contributed by atoms with van der Waals surface area (Å²) in [4.78, 5) is 23.2. The van der Waals surface area contributed by atoms with E-state index >= 15 is 0 Å². The van der Waals surface area contributed by atoms with Crippen LogP contribution in [0.1, 0.15) is 22.8 Å².